The van der Waals surface area contributed by atoms with Gasteiger partial charge in [0.2, 0.25) is 0 Å². The fourth-order valence-electron chi connectivity index (χ4n) is 7.72. The normalized spacial score (nSPS) is 34.7. The van der Waals surface area contributed by atoms with E-state index in [0.29, 0.717) is 42.4 Å². The second-order valence-electron chi connectivity index (χ2n) is 13.8. The summed E-state index contributed by atoms with van der Waals surface area (Å²) < 4.78 is 0. The highest BCUT2D eigenvalue weighted by Gasteiger charge is 2.51. The molecule has 0 aromatic rings. The summed E-state index contributed by atoms with van der Waals surface area (Å²) in [5.41, 5.74) is 1.88. The zero-order valence-corrected chi connectivity index (χ0v) is 23.2. The van der Waals surface area contributed by atoms with Crippen LogP contribution in [0.3, 0.4) is 0 Å². The maximum atomic E-state index is 10.3. The number of rotatable bonds is 10. The summed E-state index contributed by atoms with van der Waals surface area (Å²) in [4.78, 5) is 0. The van der Waals surface area contributed by atoms with Gasteiger partial charge in [0.15, 0.2) is 0 Å². The summed E-state index contributed by atoms with van der Waals surface area (Å²) in [6, 6.07) is 0. The summed E-state index contributed by atoms with van der Waals surface area (Å²) >= 11 is 0. The van der Waals surface area contributed by atoms with Crippen LogP contribution < -0.4 is 0 Å². The molecule has 0 amide bonds. The van der Waals surface area contributed by atoms with Gasteiger partial charge in [0, 0.05) is 0 Å². The minimum atomic E-state index is -0.603. The highest BCUT2D eigenvalue weighted by atomic mass is 16.3. The number of hydrogen-bond donors (Lipinski definition) is 4. The molecular weight excluding hydrogens is 436 g/mol. The molecule has 3 saturated carbocycles. The van der Waals surface area contributed by atoms with Gasteiger partial charge in [-0.15, -0.1) is 0 Å². The monoisotopic (exact) mass is 490 g/mol. The molecule has 0 spiro atoms. The predicted octanol–water partition coefficient (Wildman–Crippen LogP) is 6.46. The van der Waals surface area contributed by atoms with E-state index >= 15 is 0 Å². The van der Waals surface area contributed by atoms with Gasteiger partial charge in [0.05, 0.1) is 23.4 Å². The number of fused-ring (bicyclic) bond motifs is 1. The predicted molar refractivity (Wildman–Crippen MR) is 144 cm³/mol. The second-order valence-corrected chi connectivity index (χ2v) is 13.8. The lowest BCUT2D eigenvalue weighted by atomic mass is 9.60. The Morgan fingerprint density at radius 1 is 0.914 bits per heavy atom. The molecule has 4 N–H and O–H groups in total. The third-order valence-corrected chi connectivity index (χ3v) is 9.41. The molecular formula is C31H54O4. The lowest BCUT2D eigenvalue weighted by Crippen LogP contribution is -2.37. The number of hydrogen-bond acceptors (Lipinski definition) is 4. The van der Waals surface area contributed by atoms with Crippen molar-refractivity contribution in [3.05, 3.63) is 23.3 Å². The molecule has 3 rings (SSSR count). The zero-order chi connectivity index (χ0) is 25.9. The van der Waals surface area contributed by atoms with Crippen molar-refractivity contribution in [3.63, 3.8) is 0 Å². The molecule has 0 aromatic heterocycles. The molecule has 202 valence electrons. The topological polar surface area (TPSA) is 80.9 Å². The molecule has 0 aliphatic heterocycles. The summed E-state index contributed by atoms with van der Waals surface area (Å²) in [6.45, 7) is 10.2. The standard InChI is InChI=1S/C31H54O4/c1-29(2,34)16-6-9-23(10-7-17-30(3,4)35)27-14-15-28-24(11-8-18-31(27,28)5)13-12-22-19-25(32)21-26(33)20-22/h12-13,23,25-28,32-35H,6-11,14-21H2,1-5H3/b22-12?,24-13+/t25-,26?,27-,28+,31-/m1/s1. The molecule has 0 saturated heterocycles. The van der Waals surface area contributed by atoms with Gasteiger partial charge >= 0.3 is 0 Å². The number of allylic oxidation sites excluding steroid dienone is 3. The molecule has 4 nitrogen and oxygen atoms in total. The van der Waals surface area contributed by atoms with Gasteiger partial charge in [-0.05, 0) is 115 Å². The summed E-state index contributed by atoms with van der Waals surface area (Å²) in [7, 11) is 0. The molecule has 35 heavy (non-hydrogen) atoms. The van der Waals surface area contributed by atoms with Crippen LogP contribution in [0.25, 0.3) is 0 Å². The van der Waals surface area contributed by atoms with Gasteiger partial charge in [0.1, 0.15) is 0 Å². The molecule has 4 heteroatoms. The van der Waals surface area contributed by atoms with Gasteiger partial charge in [-0.3, -0.25) is 0 Å². The van der Waals surface area contributed by atoms with Crippen LogP contribution in [0.1, 0.15) is 125 Å². The van der Waals surface area contributed by atoms with E-state index in [0.717, 1.165) is 25.7 Å². The van der Waals surface area contributed by atoms with Crippen LogP contribution in [0.15, 0.2) is 23.3 Å². The van der Waals surface area contributed by atoms with Gasteiger partial charge < -0.3 is 20.4 Å². The Labute approximate surface area is 214 Å². The van der Waals surface area contributed by atoms with E-state index < -0.39 is 23.4 Å². The van der Waals surface area contributed by atoms with E-state index in [1.807, 2.05) is 27.7 Å². The van der Waals surface area contributed by atoms with Crippen molar-refractivity contribution >= 4 is 0 Å². The maximum absolute atomic E-state index is 10.3. The molecule has 3 aliphatic carbocycles. The summed E-state index contributed by atoms with van der Waals surface area (Å²) in [6.07, 6.45) is 18.0. The highest BCUT2D eigenvalue weighted by Crippen LogP contribution is 2.60. The van der Waals surface area contributed by atoms with Crippen molar-refractivity contribution in [2.45, 2.75) is 148 Å². The van der Waals surface area contributed by atoms with E-state index in [9.17, 15) is 20.4 Å². The quantitative estimate of drug-likeness (QED) is 0.283. The molecule has 3 aliphatic rings. The first-order valence-electron chi connectivity index (χ1n) is 14.5. The summed E-state index contributed by atoms with van der Waals surface area (Å²) in [5, 5.41) is 40.7. The highest BCUT2D eigenvalue weighted by molar-refractivity contribution is 5.26. The van der Waals surface area contributed by atoms with Crippen LogP contribution in [-0.4, -0.2) is 43.8 Å². The molecule has 3 fully saturated rings. The van der Waals surface area contributed by atoms with Crippen molar-refractivity contribution in [1.29, 1.82) is 0 Å². The van der Waals surface area contributed by atoms with Gasteiger partial charge in [0.25, 0.3) is 0 Å². The Morgan fingerprint density at radius 3 is 2.03 bits per heavy atom. The molecule has 5 atom stereocenters. The van der Waals surface area contributed by atoms with Crippen LogP contribution in [0.4, 0.5) is 0 Å². The third kappa shape index (κ3) is 8.42. The molecule has 0 bridgehead atoms. The van der Waals surface area contributed by atoms with Crippen molar-refractivity contribution < 1.29 is 20.4 Å². The molecule has 0 heterocycles. The molecule has 0 radical (unpaired) electrons. The van der Waals surface area contributed by atoms with E-state index in [1.54, 1.807) is 5.57 Å². The number of aliphatic hydroxyl groups is 4. The molecule has 0 aromatic carbocycles. The average Bonchev–Trinajstić information content (AvgIpc) is 3.06. The van der Waals surface area contributed by atoms with Gasteiger partial charge in [-0.25, -0.2) is 0 Å². The lowest BCUT2D eigenvalue weighted by Gasteiger charge is -2.45. The van der Waals surface area contributed by atoms with Crippen LogP contribution in [0.2, 0.25) is 0 Å². The van der Waals surface area contributed by atoms with E-state index in [2.05, 4.69) is 19.1 Å². The Kier molecular flexibility index (Phi) is 9.73. The van der Waals surface area contributed by atoms with Crippen LogP contribution in [-0.2, 0) is 0 Å². The van der Waals surface area contributed by atoms with Crippen molar-refractivity contribution in [2.24, 2.45) is 23.2 Å². The minimum Gasteiger partial charge on any atom is -0.393 e. The van der Waals surface area contributed by atoms with Crippen molar-refractivity contribution in [3.8, 4) is 0 Å². The Bertz CT molecular complexity index is 708. The van der Waals surface area contributed by atoms with Crippen LogP contribution in [0, 0.1) is 23.2 Å². The van der Waals surface area contributed by atoms with Crippen LogP contribution >= 0.6 is 0 Å². The lowest BCUT2D eigenvalue weighted by molar-refractivity contribution is 0.0479. The Morgan fingerprint density at radius 2 is 1.49 bits per heavy atom. The Balaban J connectivity index is 1.73. The smallest absolute Gasteiger partial charge is 0.0602 e. The fraction of sp³-hybridized carbons (Fsp3) is 0.871. The first-order valence-corrected chi connectivity index (χ1v) is 14.5. The van der Waals surface area contributed by atoms with E-state index in [-0.39, 0.29) is 0 Å². The second kappa shape index (κ2) is 11.8. The van der Waals surface area contributed by atoms with Gasteiger partial charge in [-0.1, -0.05) is 55.9 Å². The number of aliphatic hydroxyl groups excluding tert-OH is 2. The average molecular weight is 491 g/mol. The van der Waals surface area contributed by atoms with Gasteiger partial charge in [-0.2, -0.15) is 0 Å². The maximum Gasteiger partial charge on any atom is 0.0602 e. The minimum absolute atomic E-state index is 0.322. The van der Waals surface area contributed by atoms with Crippen molar-refractivity contribution in [2.75, 3.05) is 0 Å². The van der Waals surface area contributed by atoms with E-state index in [4.69, 9.17) is 0 Å². The fourth-order valence-corrected chi connectivity index (χ4v) is 7.72. The molecule has 1 unspecified atom stereocenters. The first kappa shape index (κ1) is 28.9. The largest absolute Gasteiger partial charge is 0.393 e. The first-order chi connectivity index (χ1) is 16.3. The summed E-state index contributed by atoms with van der Waals surface area (Å²) in [5.74, 6) is 1.98. The van der Waals surface area contributed by atoms with Crippen molar-refractivity contribution in [1.82, 2.24) is 0 Å². The zero-order valence-electron chi connectivity index (χ0n) is 23.2. The van der Waals surface area contributed by atoms with Crippen LogP contribution in [0.5, 0.6) is 0 Å². The Hall–Kier alpha value is -0.680. The third-order valence-electron chi connectivity index (χ3n) is 9.41. The SMILES string of the molecule is CC(C)(O)CCCC(CCCC(C)(C)O)[C@H]1CC[C@H]2/C(=C/C=C3CC(O)C[C@H](O)C3)CCC[C@]12C. The van der Waals surface area contributed by atoms with E-state index in [1.165, 1.54) is 50.5 Å².